The number of halogens is 1. The smallest absolute Gasteiger partial charge is 0.314 e. The third kappa shape index (κ3) is 1.65. The van der Waals surface area contributed by atoms with Crippen LogP contribution in [0.5, 0.6) is 0 Å². The molecule has 0 aliphatic carbocycles. The highest BCUT2D eigenvalue weighted by Crippen LogP contribution is 2.35. The molecular formula is C9H9ClO3S. The summed E-state index contributed by atoms with van der Waals surface area (Å²) in [6.07, 6.45) is 0.514. The average molecular weight is 233 g/mol. The van der Waals surface area contributed by atoms with E-state index in [4.69, 9.17) is 21.4 Å². The maximum atomic E-state index is 11.0. The minimum atomic E-state index is -0.784. The molecule has 0 spiro atoms. The van der Waals surface area contributed by atoms with Crippen LogP contribution >= 0.6 is 22.9 Å². The van der Waals surface area contributed by atoms with Gasteiger partial charge in [-0.15, -0.1) is 11.3 Å². The largest absolute Gasteiger partial charge is 0.481 e. The van der Waals surface area contributed by atoms with Crippen LogP contribution in [0.4, 0.5) is 0 Å². The Morgan fingerprint density at radius 3 is 2.71 bits per heavy atom. The van der Waals surface area contributed by atoms with E-state index in [1.807, 2.05) is 6.07 Å². The van der Waals surface area contributed by atoms with Gasteiger partial charge in [-0.05, 0) is 12.1 Å². The molecule has 0 radical (unpaired) electrons. The van der Waals surface area contributed by atoms with Crippen molar-refractivity contribution in [2.24, 2.45) is 5.41 Å². The van der Waals surface area contributed by atoms with Gasteiger partial charge < -0.3 is 9.84 Å². The number of carbonyl (C=O) groups is 1. The molecule has 5 heteroatoms. The molecule has 0 saturated carbocycles. The number of hydrogen-bond acceptors (Lipinski definition) is 3. The summed E-state index contributed by atoms with van der Waals surface area (Å²) in [7, 11) is 0. The minimum Gasteiger partial charge on any atom is -0.481 e. The van der Waals surface area contributed by atoms with Crippen molar-refractivity contribution >= 4 is 28.9 Å². The molecular weight excluding hydrogens is 224 g/mol. The number of thiophene rings is 1. The molecule has 2 rings (SSSR count). The van der Waals surface area contributed by atoms with Gasteiger partial charge in [0.05, 0.1) is 17.6 Å². The molecule has 1 aliphatic rings. The van der Waals surface area contributed by atoms with Gasteiger partial charge in [-0.25, -0.2) is 0 Å². The van der Waals surface area contributed by atoms with Crippen molar-refractivity contribution in [3.63, 3.8) is 0 Å². The first-order valence-corrected chi connectivity index (χ1v) is 5.37. The molecule has 0 bridgehead atoms. The van der Waals surface area contributed by atoms with E-state index < -0.39 is 11.4 Å². The molecule has 76 valence electrons. The van der Waals surface area contributed by atoms with Crippen LogP contribution in [0.1, 0.15) is 4.88 Å². The number of carboxylic acid groups (broad SMARTS) is 1. The first-order valence-electron chi connectivity index (χ1n) is 4.18. The molecule has 3 nitrogen and oxygen atoms in total. The second-order valence-electron chi connectivity index (χ2n) is 3.46. The monoisotopic (exact) mass is 232 g/mol. The van der Waals surface area contributed by atoms with Crippen LogP contribution in [0.2, 0.25) is 4.34 Å². The highest BCUT2D eigenvalue weighted by molar-refractivity contribution is 7.16. The Labute approximate surface area is 90.3 Å². The molecule has 14 heavy (non-hydrogen) atoms. The third-order valence-corrected chi connectivity index (χ3v) is 3.58. The molecule has 1 N–H and O–H groups in total. The number of ether oxygens (including phenoxy) is 1. The quantitative estimate of drug-likeness (QED) is 0.868. The average Bonchev–Trinajstić information content (AvgIpc) is 2.43. The maximum absolute atomic E-state index is 11.0. The molecule has 1 aromatic rings. The van der Waals surface area contributed by atoms with Gasteiger partial charge in [0.1, 0.15) is 5.41 Å². The Morgan fingerprint density at radius 2 is 2.36 bits per heavy atom. The summed E-state index contributed by atoms with van der Waals surface area (Å²) >= 11 is 7.20. The topological polar surface area (TPSA) is 46.5 Å². The van der Waals surface area contributed by atoms with Crippen LogP contribution < -0.4 is 0 Å². The molecule has 0 aromatic carbocycles. The maximum Gasteiger partial charge on any atom is 0.314 e. The second-order valence-corrected chi connectivity index (χ2v) is 5.26. The van der Waals surface area contributed by atoms with Crippen molar-refractivity contribution in [2.45, 2.75) is 6.42 Å². The van der Waals surface area contributed by atoms with Gasteiger partial charge in [0, 0.05) is 11.3 Å². The standard InChI is InChI=1S/C9H9ClO3S/c10-7-2-1-6(14-7)3-9(8(11)12)4-13-5-9/h1-2H,3-5H2,(H,11,12). The Bertz CT molecular complexity index is 357. The fourth-order valence-corrected chi connectivity index (χ4v) is 2.66. The zero-order chi connectivity index (χ0) is 10.2. The van der Waals surface area contributed by atoms with Gasteiger partial charge in [-0.1, -0.05) is 11.6 Å². The lowest BCUT2D eigenvalue weighted by Gasteiger charge is -2.36. The number of hydrogen-bond donors (Lipinski definition) is 1. The van der Waals surface area contributed by atoms with Gasteiger partial charge in [-0.3, -0.25) is 4.79 Å². The lowest BCUT2D eigenvalue weighted by Crippen LogP contribution is -2.50. The molecule has 1 aliphatic heterocycles. The Morgan fingerprint density at radius 1 is 1.64 bits per heavy atom. The van der Waals surface area contributed by atoms with Crippen molar-refractivity contribution in [1.29, 1.82) is 0 Å². The van der Waals surface area contributed by atoms with E-state index in [1.165, 1.54) is 11.3 Å². The predicted octanol–water partition coefficient (Wildman–Crippen LogP) is 2.05. The molecule has 1 saturated heterocycles. The molecule has 0 amide bonds. The van der Waals surface area contributed by atoms with Crippen molar-refractivity contribution in [3.8, 4) is 0 Å². The van der Waals surface area contributed by atoms with E-state index in [-0.39, 0.29) is 0 Å². The van der Waals surface area contributed by atoms with Crippen molar-refractivity contribution in [3.05, 3.63) is 21.3 Å². The van der Waals surface area contributed by atoms with E-state index in [2.05, 4.69) is 0 Å². The lowest BCUT2D eigenvalue weighted by molar-refractivity contribution is -0.179. The fraction of sp³-hybridized carbons (Fsp3) is 0.444. The summed E-state index contributed by atoms with van der Waals surface area (Å²) in [6, 6.07) is 3.66. The van der Waals surface area contributed by atoms with E-state index >= 15 is 0 Å². The van der Waals surface area contributed by atoms with Crippen LogP contribution in [0.25, 0.3) is 0 Å². The van der Waals surface area contributed by atoms with E-state index in [9.17, 15) is 4.79 Å². The van der Waals surface area contributed by atoms with Crippen molar-refractivity contribution in [2.75, 3.05) is 13.2 Å². The number of rotatable bonds is 3. The van der Waals surface area contributed by atoms with E-state index in [0.717, 1.165) is 4.88 Å². The Hall–Kier alpha value is -0.580. The molecule has 0 atom stereocenters. The predicted molar refractivity (Wildman–Crippen MR) is 53.9 cm³/mol. The summed E-state index contributed by atoms with van der Waals surface area (Å²) in [6.45, 7) is 0.607. The molecule has 1 aromatic heterocycles. The third-order valence-electron chi connectivity index (χ3n) is 2.35. The van der Waals surface area contributed by atoms with Crippen LogP contribution in [0.15, 0.2) is 12.1 Å². The minimum absolute atomic E-state index is 0.303. The van der Waals surface area contributed by atoms with Crippen LogP contribution in [-0.4, -0.2) is 24.3 Å². The highest BCUT2D eigenvalue weighted by atomic mass is 35.5. The normalized spacial score (nSPS) is 18.9. The van der Waals surface area contributed by atoms with Gasteiger partial charge in [-0.2, -0.15) is 0 Å². The Balaban J connectivity index is 2.12. The summed E-state index contributed by atoms with van der Waals surface area (Å²) in [5.74, 6) is -0.784. The van der Waals surface area contributed by atoms with Gasteiger partial charge >= 0.3 is 5.97 Å². The first-order chi connectivity index (χ1) is 6.62. The van der Waals surface area contributed by atoms with Crippen LogP contribution in [-0.2, 0) is 16.0 Å². The van der Waals surface area contributed by atoms with Crippen molar-refractivity contribution in [1.82, 2.24) is 0 Å². The summed E-state index contributed by atoms with van der Waals surface area (Å²) in [5.41, 5.74) is -0.714. The first kappa shape index (κ1) is 9.96. The van der Waals surface area contributed by atoms with Gasteiger partial charge in [0.15, 0.2) is 0 Å². The number of carboxylic acids is 1. The summed E-state index contributed by atoms with van der Waals surface area (Å²) in [5, 5.41) is 9.04. The van der Waals surface area contributed by atoms with Crippen molar-refractivity contribution < 1.29 is 14.6 Å². The Kier molecular flexibility index (Phi) is 2.51. The van der Waals surface area contributed by atoms with E-state index in [1.54, 1.807) is 6.07 Å². The number of aliphatic carboxylic acids is 1. The summed E-state index contributed by atoms with van der Waals surface area (Å²) in [4.78, 5) is 12.0. The molecule has 0 unspecified atom stereocenters. The highest BCUT2D eigenvalue weighted by Gasteiger charge is 2.46. The van der Waals surface area contributed by atoms with Crippen LogP contribution in [0, 0.1) is 5.41 Å². The van der Waals surface area contributed by atoms with Crippen LogP contribution in [0.3, 0.4) is 0 Å². The van der Waals surface area contributed by atoms with Gasteiger partial charge in [0.25, 0.3) is 0 Å². The zero-order valence-corrected chi connectivity index (χ0v) is 8.90. The zero-order valence-electron chi connectivity index (χ0n) is 7.33. The van der Waals surface area contributed by atoms with E-state index in [0.29, 0.717) is 24.0 Å². The summed E-state index contributed by atoms with van der Waals surface area (Å²) < 4.78 is 5.66. The molecule has 1 fully saturated rings. The fourth-order valence-electron chi connectivity index (χ4n) is 1.43. The lowest BCUT2D eigenvalue weighted by atomic mass is 9.82. The second kappa shape index (κ2) is 3.53. The molecule has 2 heterocycles. The SMILES string of the molecule is O=C(O)C1(Cc2ccc(Cl)s2)COC1. The van der Waals surface area contributed by atoms with Gasteiger partial charge in [0.2, 0.25) is 0 Å².